The van der Waals surface area contributed by atoms with Crippen LogP contribution in [0.4, 0.5) is 5.69 Å². The molecular weight excluding hydrogens is 510 g/mol. The molecule has 196 valence electrons. The molecule has 0 bridgehead atoms. The molecule has 3 aromatic rings. The summed E-state index contributed by atoms with van der Waals surface area (Å²) in [6.07, 6.45) is 0. The van der Waals surface area contributed by atoms with Gasteiger partial charge in [-0.3, -0.25) is 13.9 Å². The molecular formula is C28H32ClN3O4S. The highest BCUT2D eigenvalue weighted by molar-refractivity contribution is 7.92. The van der Waals surface area contributed by atoms with E-state index in [1.54, 1.807) is 37.3 Å². The number of nitrogens with one attached hydrogen (secondary N) is 1. The second-order valence-electron chi connectivity index (χ2n) is 9.15. The Balaban J connectivity index is 2.02. The Kier molecular flexibility index (Phi) is 9.34. The van der Waals surface area contributed by atoms with Crippen LogP contribution in [0.15, 0.2) is 83.8 Å². The third-order valence-electron chi connectivity index (χ3n) is 5.78. The maximum atomic E-state index is 13.8. The van der Waals surface area contributed by atoms with E-state index in [4.69, 9.17) is 11.6 Å². The first kappa shape index (κ1) is 28.2. The second-order valence-corrected chi connectivity index (χ2v) is 11.4. The number of carbonyl (C=O) groups excluding carboxylic acids is 2. The average Bonchev–Trinajstić information content (AvgIpc) is 2.85. The van der Waals surface area contributed by atoms with Crippen molar-refractivity contribution in [2.75, 3.05) is 10.8 Å². The van der Waals surface area contributed by atoms with Crippen molar-refractivity contribution in [3.8, 4) is 0 Å². The van der Waals surface area contributed by atoms with Gasteiger partial charge in [0.15, 0.2) is 0 Å². The largest absolute Gasteiger partial charge is 0.352 e. The number of nitrogens with zero attached hydrogens (tertiary/aromatic N) is 2. The van der Waals surface area contributed by atoms with Gasteiger partial charge in [0.1, 0.15) is 12.6 Å². The number of amides is 2. The Morgan fingerprint density at radius 2 is 1.57 bits per heavy atom. The highest BCUT2D eigenvalue weighted by Gasteiger charge is 2.32. The summed E-state index contributed by atoms with van der Waals surface area (Å²) < 4.78 is 28.5. The summed E-state index contributed by atoms with van der Waals surface area (Å²) in [6.45, 7) is 6.80. The highest BCUT2D eigenvalue weighted by Crippen LogP contribution is 2.27. The zero-order chi connectivity index (χ0) is 27.2. The van der Waals surface area contributed by atoms with E-state index in [1.165, 1.54) is 23.1 Å². The lowest BCUT2D eigenvalue weighted by atomic mass is 10.1. The first-order chi connectivity index (χ1) is 17.5. The van der Waals surface area contributed by atoms with Gasteiger partial charge in [-0.25, -0.2) is 8.42 Å². The predicted molar refractivity (Wildman–Crippen MR) is 147 cm³/mol. The third kappa shape index (κ3) is 7.33. The molecule has 0 aliphatic heterocycles. The molecule has 9 heteroatoms. The van der Waals surface area contributed by atoms with Gasteiger partial charge in [-0.15, -0.1) is 0 Å². The Morgan fingerprint density at radius 1 is 0.919 bits per heavy atom. The second kappa shape index (κ2) is 12.3. The van der Waals surface area contributed by atoms with Gasteiger partial charge in [0.05, 0.1) is 10.6 Å². The molecule has 3 aromatic carbocycles. The van der Waals surface area contributed by atoms with Gasteiger partial charge in [0.25, 0.3) is 10.0 Å². The molecule has 1 atom stereocenters. The number of sulfonamides is 1. The van der Waals surface area contributed by atoms with Gasteiger partial charge in [0.2, 0.25) is 11.8 Å². The lowest BCUT2D eigenvalue weighted by Crippen LogP contribution is -2.52. The maximum absolute atomic E-state index is 13.8. The maximum Gasteiger partial charge on any atom is 0.264 e. The Hall–Kier alpha value is -3.36. The van der Waals surface area contributed by atoms with Crippen LogP contribution in [-0.4, -0.2) is 43.8 Å². The van der Waals surface area contributed by atoms with Gasteiger partial charge < -0.3 is 10.2 Å². The quantitative estimate of drug-likeness (QED) is 0.400. The van der Waals surface area contributed by atoms with Crippen molar-refractivity contribution in [3.05, 3.63) is 95.0 Å². The zero-order valence-corrected chi connectivity index (χ0v) is 23.0. The molecule has 1 N–H and O–H groups in total. The molecule has 0 heterocycles. The minimum absolute atomic E-state index is 0.0473. The Labute approximate surface area is 224 Å². The monoisotopic (exact) mass is 541 g/mol. The molecule has 3 rings (SSSR count). The van der Waals surface area contributed by atoms with E-state index in [2.05, 4.69) is 5.32 Å². The Morgan fingerprint density at radius 3 is 2.16 bits per heavy atom. The summed E-state index contributed by atoms with van der Waals surface area (Å²) >= 11 is 6.18. The van der Waals surface area contributed by atoms with Crippen LogP contribution in [0.5, 0.6) is 0 Å². The molecule has 0 aliphatic carbocycles. The van der Waals surface area contributed by atoms with E-state index in [9.17, 15) is 18.0 Å². The van der Waals surface area contributed by atoms with Crippen molar-refractivity contribution in [1.29, 1.82) is 0 Å². The summed E-state index contributed by atoms with van der Waals surface area (Å²) in [5, 5.41) is 3.17. The highest BCUT2D eigenvalue weighted by atomic mass is 35.5. The summed E-state index contributed by atoms with van der Waals surface area (Å²) in [7, 11) is -4.13. The van der Waals surface area contributed by atoms with Crippen LogP contribution in [0, 0.1) is 6.92 Å². The standard InChI is InChI=1S/C28H32ClN3O4S/c1-20(2)30-28(34)22(4)31(18-23-9-6-5-7-10-23)27(33)19-32(25-12-8-11-24(29)17-25)37(35,36)26-15-13-21(3)14-16-26/h5-17,20,22H,18-19H2,1-4H3,(H,30,34). The fourth-order valence-corrected chi connectivity index (χ4v) is 5.36. The van der Waals surface area contributed by atoms with Crippen molar-refractivity contribution in [1.82, 2.24) is 10.2 Å². The number of aryl methyl sites for hydroxylation is 1. The minimum atomic E-state index is -4.13. The lowest BCUT2D eigenvalue weighted by Gasteiger charge is -2.32. The van der Waals surface area contributed by atoms with Gasteiger partial charge in [0, 0.05) is 17.6 Å². The molecule has 1 unspecified atom stereocenters. The fraction of sp³-hybridized carbons (Fsp3) is 0.286. The zero-order valence-electron chi connectivity index (χ0n) is 21.4. The lowest BCUT2D eigenvalue weighted by molar-refractivity contribution is -0.139. The van der Waals surface area contributed by atoms with E-state index >= 15 is 0 Å². The summed E-state index contributed by atoms with van der Waals surface area (Å²) in [4.78, 5) is 28.1. The molecule has 0 saturated carbocycles. The van der Waals surface area contributed by atoms with Crippen LogP contribution >= 0.6 is 11.6 Å². The number of benzene rings is 3. The van der Waals surface area contributed by atoms with Crippen molar-refractivity contribution >= 4 is 39.1 Å². The van der Waals surface area contributed by atoms with Crippen molar-refractivity contribution in [2.24, 2.45) is 0 Å². The molecule has 0 spiro atoms. The summed E-state index contributed by atoms with van der Waals surface area (Å²) in [5.74, 6) is -0.846. The molecule has 0 fully saturated rings. The van der Waals surface area contributed by atoms with Crippen molar-refractivity contribution in [3.63, 3.8) is 0 Å². The van der Waals surface area contributed by atoms with Gasteiger partial charge in [-0.05, 0) is 63.6 Å². The molecule has 2 amide bonds. The summed E-state index contributed by atoms with van der Waals surface area (Å²) in [6, 6.07) is 21.1. The minimum Gasteiger partial charge on any atom is -0.352 e. The van der Waals surface area contributed by atoms with E-state index in [1.807, 2.05) is 51.1 Å². The van der Waals surface area contributed by atoms with Crippen molar-refractivity contribution in [2.45, 2.75) is 51.2 Å². The topological polar surface area (TPSA) is 86.8 Å². The smallest absolute Gasteiger partial charge is 0.264 e. The fourth-order valence-electron chi connectivity index (χ4n) is 3.77. The number of hydrogen-bond acceptors (Lipinski definition) is 4. The normalized spacial score (nSPS) is 12.2. The van der Waals surface area contributed by atoms with Crippen LogP contribution in [0.25, 0.3) is 0 Å². The first-order valence-electron chi connectivity index (χ1n) is 12.0. The number of anilines is 1. The summed E-state index contributed by atoms with van der Waals surface area (Å²) in [5.41, 5.74) is 1.97. The average molecular weight is 542 g/mol. The third-order valence-corrected chi connectivity index (χ3v) is 7.80. The van der Waals surface area contributed by atoms with E-state index < -0.39 is 28.5 Å². The molecule has 0 saturated heterocycles. The number of hydrogen-bond donors (Lipinski definition) is 1. The van der Waals surface area contributed by atoms with Gasteiger partial charge in [-0.1, -0.05) is 65.7 Å². The van der Waals surface area contributed by atoms with Gasteiger partial charge >= 0.3 is 0 Å². The van der Waals surface area contributed by atoms with Crippen LogP contribution in [0.3, 0.4) is 0 Å². The first-order valence-corrected chi connectivity index (χ1v) is 13.8. The van der Waals surface area contributed by atoms with Gasteiger partial charge in [-0.2, -0.15) is 0 Å². The SMILES string of the molecule is Cc1ccc(S(=O)(=O)N(CC(=O)N(Cc2ccccc2)C(C)C(=O)NC(C)C)c2cccc(Cl)c2)cc1. The van der Waals surface area contributed by atoms with Crippen LogP contribution in [0.2, 0.25) is 5.02 Å². The molecule has 37 heavy (non-hydrogen) atoms. The van der Waals surface area contributed by atoms with Crippen LogP contribution in [0.1, 0.15) is 31.9 Å². The number of carbonyl (C=O) groups is 2. The Bertz CT molecular complexity index is 1330. The number of rotatable bonds is 10. The van der Waals surface area contributed by atoms with Crippen LogP contribution in [-0.2, 0) is 26.2 Å². The molecule has 0 aromatic heterocycles. The van der Waals surface area contributed by atoms with E-state index in [-0.39, 0.29) is 29.1 Å². The molecule has 0 radical (unpaired) electrons. The predicted octanol–water partition coefficient (Wildman–Crippen LogP) is 4.79. The van der Waals surface area contributed by atoms with Crippen LogP contribution < -0.4 is 9.62 Å². The van der Waals surface area contributed by atoms with E-state index in [0.29, 0.717) is 5.02 Å². The van der Waals surface area contributed by atoms with E-state index in [0.717, 1.165) is 15.4 Å². The van der Waals surface area contributed by atoms with Crippen molar-refractivity contribution < 1.29 is 18.0 Å². The molecule has 0 aliphatic rings. The number of halogens is 1. The molecule has 7 nitrogen and oxygen atoms in total.